The van der Waals surface area contributed by atoms with Crippen LogP contribution < -0.4 is 5.73 Å². The van der Waals surface area contributed by atoms with Crippen molar-refractivity contribution in [3.63, 3.8) is 0 Å². The molecule has 1 heterocycles. The Morgan fingerprint density at radius 3 is 2.63 bits per heavy atom. The van der Waals surface area contributed by atoms with Gasteiger partial charge in [0.1, 0.15) is 5.78 Å². The third-order valence-corrected chi connectivity index (χ3v) is 11.2. The number of aliphatic hydroxyl groups excluding tert-OH is 1. The lowest BCUT2D eigenvalue weighted by Crippen LogP contribution is -2.64. The molecule has 1 aliphatic heterocycles. The molecule has 1 saturated heterocycles. The van der Waals surface area contributed by atoms with Crippen molar-refractivity contribution in [2.24, 2.45) is 34.3 Å². The van der Waals surface area contributed by atoms with Gasteiger partial charge in [-0.05, 0) is 76.0 Å². The molecular weight excluding hydrogens is 446 g/mol. The van der Waals surface area contributed by atoms with Crippen molar-refractivity contribution in [3.05, 3.63) is 11.6 Å². The molecule has 0 aromatic rings. The third-order valence-electron chi connectivity index (χ3n) is 11.2. The average Bonchev–Trinajstić information content (AvgIpc) is 3.03. The van der Waals surface area contributed by atoms with Crippen LogP contribution in [0.3, 0.4) is 0 Å². The fourth-order valence-corrected chi connectivity index (χ4v) is 8.97. The van der Waals surface area contributed by atoms with Gasteiger partial charge >= 0.3 is 0 Å². The van der Waals surface area contributed by atoms with Crippen molar-refractivity contribution in [2.45, 2.75) is 121 Å². The summed E-state index contributed by atoms with van der Waals surface area (Å²) in [4.78, 5) is 12.4. The molecule has 0 amide bonds. The Morgan fingerprint density at radius 2 is 1.94 bits per heavy atom. The van der Waals surface area contributed by atoms with E-state index in [2.05, 4.69) is 13.0 Å². The molecule has 35 heavy (non-hydrogen) atoms. The zero-order chi connectivity index (χ0) is 25.3. The first-order valence-corrected chi connectivity index (χ1v) is 13.7. The number of ketones is 1. The number of Topliss-reactive ketones (excluding diaryl/α,β-unsaturated/α-hetero) is 1. The third kappa shape index (κ3) is 3.71. The van der Waals surface area contributed by atoms with E-state index in [9.17, 15) is 15.0 Å². The Hall–Kier alpha value is -0.830. The van der Waals surface area contributed by atoms with Gasteiger partial charge in [0, 0.05) is 24.9 Å². The summed E-state index contributed by atoms with van der Waals surface area (Å²) in [7, 11) is 1.69. The minimum atomic E-state index is -1.22. The minimum Gasteiger partial charge on any atom is -0.390 e. The highest BCUT2D eigenvalue weighted by atomic mass is 16.7. The van der Waals surface area contributed by atoms with E-state index in [4.69, 9.17) is 19.9 Å². The Balaban J connectivity index is 1.33. The van der Waals surface area contributed by atoms with E-state index in [1.165, 1.54) is 5.57 Å². The number of hydrogen-bond acceptors (Lipinski definition) is 7. The van der Waals surface area contributed by atoms with Gasteiger partial charge in [0.2, 0.25) is 0 Å². The Labute approximate surface area is 209 Å². The minimum absolute atomic E-state index is 0.0218. The molecule has 5 unspecified atom stereocenters. The second-order valence-electron chi connectivity index (χ2n) is 12.7. The molecule has 4 fully saturated rings. The second-order valence-corrected chi connectivity index (χ2v) is 12.7. The second kappa shape index (κ2) is 8.88. The first-order chi connectivity index (χ1) is 16.5. The molecule has 198 valence electrons. The summed E-state index contributed by atoms with van der Waals surface area (Å²) in [5.41, 5.74) is 5.83. The normalized spacial score (nSPS) is 53.8. The van der Waals surface area contributed by atoms with E-state index in [0.29, 0.717) is 18.8 Å². The van der Waals surface area contributed by atoms with Crippen molar-refractivity contribution in [2.75, 3.05) is 7.11 Å². The molecule has 0 aromatic carbocycles. The first kappa shape index (κ1) is 25.8. The molecule has 5 rings (SSSR count). The molecule has 12 atom stereocenters. The number of carbonyl (C=O) groups is 1. The van der Waals surface area contributed by atoms with Crippen molar-refractivity contribution in [1.29, 1.82) is 0 Å². The maximum atomic E-state index is 12.4. The van der Waals surface area contributed by atoms with Crippen LogP contribution in [-0.2, 0) is 19.0 Å². The monoisotopic (exact) mass is 491 g/mol. The van der Waals surface area contributed by atoms with Gasteiger partial charge in [-0.1, -0.05) is 25.5 Å². The van der Waals surface area contributed by atoms with E-state index in [1.54, 1.807) is 14.0 Å². The van der Waals surface area contributed by atoms with E-state index >= 15 is 0 Å². The largest absolute Gasteiger partial charge is 0.390 e. The van der Waals surface area contributed by atoms with Crippen LogP contribution >= 0.6 is 0 Å². The summed E-state index contributed by atoms with van der Waals surface area (Å²) in [5.74, 6) is 0.0856. The van der Waals surface area contributed by atoms with Crippen molar-refractivity contribution < 1.29 is 29.2 Å². The topological polar surface area (TPSA) is 111 Å². The van der Waals surface area contributed by atoms with Gasteiger partial charge in [-0.2, -0.15) is 0 Å². The van der Waals surface area contributed by atoms with Gasteiger partial charge in [0.05, 0.1) is 36.1 Å². The molecule has 0 radical (unpaired) electrons. The lowest BCUT2D eigenvalue weighted by molar-refractivity contribution is -0.244. The van der Waals surface area contributed by atoms with E-state index in [0.717, 1.165) is 38.5 Å². The van der Waals surface area contributed by atoms with E-state index < -0.39 is 17.1 Å². The maximum absolute atomic E-state index is 12.4. The maximum Gasteiger partial charge on any atom is 0.160 e. The summed E-state index contributed by atoms with van der Waals surface area (Å²) in [5, 5.41) is 23.2. The smallest absolute Gasteiger partial charge is 0.160 e. The van der Waals surface area contributed by atoms with Crippen LogP contribution in [0, 0.1) is 28.6 Å². The Bertz CT molecular complexity index is 878. The van der Waals surface area contributed by atoms with Crippen LogP contribution in [0.25, 0.3) is 0 Å². The van der Waals surface area contributed by atoms with Gasteiger partial charge in [-0.25, -0.2) is 0 Å². The molecule has 4 N–H and O–H groups in total. The summed E-state index contributed by atoms with van der Waals surface area (Å²) in [6, 6.07) is -0.149. The lowest BCUT2D eigenvalue weighted by atomic mass is 9.45. The molecule has 3 saturated carbocycles. The fourth-order valence-electron chi connectivity index (χ4n) is 8.97. The zero-order valence-electron chi connectivity index (χ0n) is 22.0. The molecule has 7 heteroatoms. The number of rotatable bonds is 4. The lowest BCUT2D eigenvalue weighted by Gasteiger charge is -2.61. The average molecular weight is 492 g/mol. The van der Waals surface area contributed by atoms with Crippen molar-refractivity contribution in [3.8, 4) is 0 Å². The van der Waals surface area contributed by atoms with Gasteiger partial charge in [-0.15, -0.1) is 0 Å². The fraction of sp³-hybridized carbons (Fsp3) is 0.893. The predicted molar refractivity (Wildman–Crippen MR) is 131 cm³/mol. The number of carbonyl (C=O) groups excluding carboxylic acids is 1. The van der Waals surface area contributed by atoms with Gasteiger partial charge in [0.15, 0.2) is 6.29 Å². The summed E-state index contributed by atoms with van der Waals surface area (Å²) in [6.07, 6.45) is 7.36. The zero-order valence-corrected chi connectivity index (χ0v) is 22.0. The molecule has 0 aromatic heterocycles. The first-order valence-electron chi connectivity index (χ1n) is 13.7. The molecule has 4 aliphatic carbocycles. The standard InChI is InChI=1S/C28H45NO6/c1-15(30)21-13-23(31)28(32)20-7-6-17-12-18(35-24-14-22(33-5)25(29)16(2)34-24)8-10-26(17,3)19(20)9-11-27(21,28)4/h6,16,18-25,31-32H,7-14,29H2,1-5H3/t16?,18-,19-,20+,21?,22?,23-,24?,25?,26-,27+,28+/m0/s1. The summed E-state index contributed by atoms with van der Waals surface area (Å²) in [6.45, 7) is 7.98. The van der Waals surface area contributed by atoms with Gasteiger partial charge < -0.3 is 30.2 Å². The van der Waals surface area contributed by atoms with Crippen LogP contribution in [0.1, 0.15) is 79.1 Å². The van der Waals surface area contributed by atoms with E-state index in [1.807, 2.05) is 13.8 Å². The van der Waals surface area contributed by atoms with Crippen LogP contribution in [0.2, 0.25) is 0 Å². The number of ether oxygens (including phenoxy) is 3. The van der Waals surface area contributed by atoms with Gasteiger partial charge in [0.25, 0.3) is 0 Å². The Kier molecular flexibility index (Phi) is 6.55. The highest BCUT2D eigenvalue weighted by molar-refractivity contribution is 5.80. The van der Waals surface area contributed by atoms with Crippen molar-refractivity contribution >= 4 is 5.78 Å². The van der Waals surface area contributed by atoms with Crippen LogP contribution in [0.5, 0.6) is 0 Å². The van der Waals surface area contributed by atoms with Crippen LogP contribution in [0.4, 0.5) is 0 Å². The molecule has 0 bridgehead atoms. The SMILES string of the molecule is COC1CC(O[C@H]2CC[C@@]3(C)C(=CC[C@@H]4[C@@H]3CC[C@]3(C)C(C(C)=O)C[C@H](O)[C@]43O)C2)OC(C)C1N. The Morgan fingerprint density at radius 1 is 1.20 bits per heavy atom. The molecule has 7 nitrogen and oxygen atoms in total. The number of aliphatic hydroxyl groups is 2. The summed E-state index contributed by atoms with van der Waals surface area (Å²) >= 11 is 0. The predicted octanol–water partition coefficient (Wildman–Crippen LogP) is 3.10. The quantitative estimate of drug-likeness (QED) is 0.518. The van der Waals surface area contributed by atoms with Crippen LogP contribution in [0.15, 0.2) is 11.6 Å². The molecule has 0 spiro atoms. The highest BCUT2D eigenvalue weighted by Crippen LogP contribution is 2.68. The van der Waals surface area contributed by atoms with Gasteiger partial charge in [-0.3, -0.25) is 4.79 Å². The number of methoxy groups -OCH3 is 1. The highest BCUT2D eigenvalue weighted by Gasteiger charge is 2.70. The van der Waals surface area contributed by atoms with Crippen molar-refractivity contribution in [1.82, 2.24) is 0 Å². The number of allylic oxidation sites excluding steroid dienone is 1. The number of fused-ring (bicyclic) bond motifs is 5. The summed E-state index contributed by atoms with van der Waals surface area (Å²) < 4.78 is 18.1. The molecular formula is C28H45NO6. The number of nitrogens with two attached hydrogens (primary N) is 1. The number of hydrogen-bond donors (Lipinski definition) is 3. The van der Waals surface area contributed by atoms with Crippen LogP contribution in [-0.4, -0.2) is 65.5 Å². The van der Waals surface area contributed by atoms with E-state index in [-0.39, 0.29) is 53.7 Å². The molecule has 5 aliphatic rings.